The van der Waals surface area contributed by atoms with Crippen LogP contribution in [0.2, 0.25) is 0 Å². The van der Waals surface area contributed by atoms with Crippen molar-refractivity contribution in [2.75, 3.05) is 19.6 Å². The SMILES string of the molecule is O=C1C[C@@H](c2ccccc2)CNCCCCN1. The molecule has 1 aliphatic rings. The molecule has 1 atom stereocenters. The Morgan fingerprint density at radius 1 is 1.06 bits per heavy atom. The molecule has 17 heavy (non-hydrogen) atoms. The number of carbonyl (C=O) groups is 1. The molecule has 3 nitrogen and oxygen atoms in total. The van der Waals surface area contributed by atoms with Crippen LogP contribution in [-0.4, -0.2) is 25.5 Å². The second-order valence-electron chi connectivity index (χ2n) is 4.57. The first-order valence-corrected chi connectivity index (χ1v) is 6.38. The topological polar surface area (TPSA) is 41.1 Å². The molecule has 0 saturated carbocycles. The number of hydrogen-bond acceptors (Lipinski definition) is 2. The molecule has 0 bridgehead atoms. The molecular weight excluding hydrogens is 212 g/mol. The highest BCUT2D eigenvalue weighted by molar-refractivity contribution is 5.76. The highest BCUT2D eigenvalue weighted by Gasteiger charge is 2.16. The first kappa shape index (κ1) is 12.1. The molecule has 0 radical (unpaired) electrons. The van der Waals surface area contributed by atoms with Crippen molar-refractivity contribution in [3.8, 4) is 0 Å². The fourth-order valence-electron chi connectivity index (χ4n) is 2.21. The first-order valence-electron chi connectivity index (χ1n) is 6.38. The van der Waals surface area contributed by atoms with Crippen molar-refractivity contribution in [2.24, 2.45) is 0 Å². The average Bonchev–Trinajstić information content (AvgIpc) is 2.38. The van der Waals surface area contributed by atoms with Gasteiger partial charge in [-0.3, -0.25) is 4.79 Å². The molecule has 1 heterocycles. The van der Waals surface area contributed by atoms with E-state index in [0.717, 1.165) is 32.5 Å². The summed E-state index contributed by atoms with van der Waals surface area (Å²) in [5.74, 6) is 0.455. The average molecular weight is 232 g/mol. The van der Waals surface area contributed by atoms with Gasteiger partial charge in [-0.2, -0.15) is 0 Å². The van der Waals surface area contributed by atoms with Gasteiger partial charge in [0.25, 0.3) is 0 Å². The van der Waals surface area contributed by atoms with E-state index < -0.39 is 0 Å². The minimum absolute atomic E-state index is 0.169. The van der Waals surface area contributed by atoms with Crippen molar-refractivity contribution in [3.05, 3.63) is 35.9 Å². The quantitative estimate of drug-likeness (QED) is 0.773. The molecule has 0 unspecified atom stereocenters. The van der Waals surface area contributed by atoms with Crippen molar-refractivity contribution in [2.45, 2.75) is 25.2 Å². The summed E-state index contributed by atoms with van der Waals surface area (Å²) in [6.45, 7) is 2.73. The third-order valence-corrected chi connectivity index (χ3v) is 3.20. The zero-order valence-corrected chi connectivity index (χ0v) is 10.1. The Morgan fingerprint density at radius 2 is 1.82 bits per heavy atom. The van der Waals surface area contributed by atoms with Crippen LogP contribution in [0.25, 0.3) is 0 Å². The van der Waals surface area contributed by atoms with Crippen molar-refractivity contribution in [1.82, 2.24) is 10.6 Å². The minimum Gasteiger partial charge on any atom is -0.356 e. The van der Waals surface area contributed by atoms with E-state index in [-0.39, 0.29) is 11.8 Å². The Kier molecular flexibility index (Phi) is 4.56. The molecule has 1 fully saturated rings. The second-order valence-corrected chi connectivity index (χ2v) is 4.57. The van der Waals surface area contributed by atoms with E-state index in [1.54, 1.807) is 0 Å². The van der Waals surface area contributed by atoms with E-state index in [1.807, 2.05) is 18.2 Å². The van der Waals surface area contributed by atoms with Crippen LogP contribution in [0, 0.1) is 0 Å². The summed E-state index contributed by atoms with van der Waals surface area (Å²) < 4.78 is 0. The molecule has 1 aliphatic heterocycles. The number of nitrogens with one attached hydrogen (secondary N) is 2. The molecule has 3 heteroatoms. The molecule has 1 aromatic carbocycles. The molecule has 1 saturated heterocycles. The Morgan fingerprint density at radius 3 is 2.65 bits per heavy atom. The Hall–Kier alpha value is -1.35. The molecule has 1 amide bonds. The molecule has 0 spiro atoms. The number of hydrogen-bond donors (Lipinski definition) is 2. The van der Waals surface area contributed by atoms with E-state index >= 15 is 0 Å². The molecular formula is C14H20N2O. The largest absolute Gasteiger partial charge is 0.356 e. The monoisotopic (exact) mass is 232 g/mol. The van der Waals surface area contributed by atoms with Crippen molar-refractivity contribution in [1.29, 1.82) is 0 Å². The van der Waals surface area contributed by atoms with Gasteiger partial charge in [0, 0.05) is 25.4 Å². The maximum Gasteiger partial charge on any atom is 0.220 e. The lowest BCUT2D eigenvalue weighted by molar-refractivity contribution is -0.121. The minimum atomic E-state index is 0.169. The smallest absolute Gasteiger partial charge is 0.220 e. The number of carbonyl (C=O) groups excluding carboxylic acids is 1. The first-order chi connectivity index (χ1) is 8.36. The van der Waals surface area contributed by atoms with Crippen molar-refractivity contribution < 1.29 is 4.79 Å². The van der Waals surface area contributed by atoms with Crippen LogP contribution < -0.4 is 10.6 Å². The summed E-state index contributed by atoms with van der Waals surface area (Å²) in [5.41, 5.74) is 1.25. The van der Waals surface area contributed by atoms with Gasteiger partial charge in [0.1, 0.15) is 0 Å². The summed E-state index contributed by atoms with van der Waals surface area (Å²) in [4.78, 5) is 11.7. The summed E-state index contributed by atoms with van der Waals surface area (Å²) in [7, 11) is 0. The number of amides is 1. The van der Waals surface area contributed by atoms with Gasteiger partial charge in [-0.1, -0.05) is 30.3 Å². The lowest BCUT2D eigenvalue weighted by Crippen LogP contribution is -2.32. The van der Waals surface area contributed by atoms with Crippen LogP contribution >= 0.6 is 0 Å². The van der Waals surface area contributed by atoms with Gasteiger partial charge in [0.05, 0.1) is 0 Å². The summed E-state index contributed by atoms with van der Waals surface area (Å²) in [5, 5.41) is 6.43. The highest BCUT2D eigenvalue weighted by atomic mass is 16.1. The van der Waals surface area contributed by atoms with Crippen LogP contribution in [-0.2, 0) is 4.79 Å². The van der Waals surface area contributed by atoms with Gasteiger partial charge in [-0.05, 0) is 24.9 Å². The van der Waals surface area contributed by atoms with E-state index in [2.05, 4.69) is 22.8 Å². The zero-order chi connectivity index (χ0) is 11.9. The maximum atomic E-state index is 11.7. The molecule has 1 aromatic rings. The normalized spacial score (nSPS) is 22.8. The summed E-state index contributed by atoms with van der Waals surface area (Å²) >= 11 is 0. The van der Waals surface area contributed by atoms with E-state index in [1.165, 1.54) is 5.56 Å². The standard InChI is InChI=1S/C14H20N2O/c17-14-10-13(12-6-2-1-3-7-12)11-15-8-4-5-9-16-14/h1-3,6-7,13,15H,4-5,8-11H2,(H,16,17)/t13-/m1/s1. The molecule has 92 valence electrons. The molecule has 0 aliphatic carbocycles. The van der Waals surface area contributed by atoms with Crippen molar-refractivity contribution >= 4 is 5.91 Å². The van der Waals surface area contributed by atoms with Crippen LogP contribution in [0.3, 0.4) is 0 Å². The highest BCUT2D eigenvalue weighted by Crippen LogP contribution is 2.18. The van der Waals surface area contributed by atoms with Crippen molar-refractivity contribution in [3.63, 3.8) is 0 Å². The maximum absolute atomic E-state index is 11.7. The third kappa shape index (κ3) is 3.86. The van der Waals surface area contributed by atoms with Gasteiger partial charge in [0.2, 0.25) is 5.91 Å². The van der Waals surface area contributed by atoms with Crippen LogP contribution in [0.1, 0.15) is 30.7 Å². The van der Waals surface area contributed by atoms with E-state index in [0.29, 0.717) is 6.42 Å². The van der Waals surface area contributed by atoms with Crippen LogP contribution in [0.15, 0.2) is 30.3 Å². The Bertz CT molecular complexity index is 350. The van der Waals surface area contributed by atoms with Gasteiger partial charge >= 0.3 is 0 Å². The van der Waals surface area contributed by atoms with Crippen LogP contribution in [0.4, 0.5) is 0 Å². The van der Waals surface area contributed by atoms with Gasteiger partial charge < -0.3 is 10.6 Å². The fourth-order valence-corrected chi connectivity index (χ4v) is 2.21. The zero-order valence-electron chi connectivity index (χ0n) is 10.1. The number of benzene rings is 1. The van der Waals surface area contributed by atoms with Crippen LogP contribution in [0.5, 0.6) is 0 Å². The second kappa shape index (κ2) is 6.40. The Balaban J connectivity index is 2.04. The Labute approximate surface area is 103 Å². The molecule has 2 rings (SSSR count). The molecule has 2 N–H and O–H groups in total. The predicted molar refractivity (Wildman–Crippen MR) is 68.9 cm³/mol. The molecule has 0 aromatic heterocycles. The lowest BCUT2D eigenvalue weighted by Gasteiger charge is -2.19. The fraction of sp³-hybridized carbons (Fsp3) is 0.500. The number of rotatable bonds is 1. The van der Waals surface area contributed by atoms with Gasteiger partial charge in [-0.15, -0.1) is 0 Å². The third-order valence-electron chi connectivity index (χ3n) is 3.20. The summed E-state index contributed by atoms with van der Waals surface area (Å²) in [6.07, 6.45) is 2.77. The van der Waals surface area contributed by atoms with Gasteiger partial charge in [0.15, 0.2) is 0 Å². The van der Waals surface area contributed by atoms with Gasteiger partial charge in [-0.25, -0.2) is 0 Å². The lowest BCUT2D eigenvalue weighted by atomic mass is 9.95. The predicted octanol–water partition coefficient (Wildman–Crippen LogP) is 1.66. The van der Waals surface area contributed by atoms with E-state index in [4.69, 9.17) is 0 Å². The van der Waals surface area contributed by atoms with E-state index in [9.17, 15) is 4.79 Å². The summed E-state index contributed by atoms with van der Waals surface area (Å²) in [6, 6.07) is 10.3.